The molecule has 8 nitrogen and oxygen atoms in total. The Kier molecular flexibility index (Phi) is 5.61. The van der Waals surface area contributed by atoms with Crippen molar-refractivity contribution in [3.05, 3.63) is 42.5 Å². The van der Waals surface area contributed by atoms with Crippen LogP contribution >= 0.6 is 0 Å². The van der Waals surface area contributed by atoms with E-state index in [-0.39, 0.29) is 31.6 Å². The number of carbonyl (C=O) groups is 3. The minimum Gasteiger partial charge on any atom is -0.466 e. The van der Waals surface area contributed by atoms with Crippen LogP contribution in [0.3, 0.4) is 0 Å². The molecular formula is C26H30N2O6. The van der Waals surface area contributed by atoms with Crippen molar-refractivity contribution >= 4 is 34.2 Å². The molecule has 5 rings (SSSR count). The lowest BCUT2D eigenvalue weighted by Gasteiger charge is -2.33. The zero-order valence-corrected chi connectivity index (χ0v) is 19.5. The van der Waals surface area contributed by atoms with Gasteiger partial charge in [0.2, 0.25) is 11.8 Å². The summed E-state index contributed by atoms with van der Waals surface area (Å²) in [6.45, 7) is 3.87. The van der Waals surface area contributed by atoms with Crippen LogP contribution in [0.1, 0.15) is 33.1 Å². The molecule has 180 valence electrons. The molecule has 0 radical (unpaired) electrons. The lowest BCUT2D eigenvalue weighted by Crippen LogP contribution is -2.53. The van der Waals surface area contributed by atoms with Crippen LogP contribution in [-0.2, 0) is 23.9 Å². The number of likely N-dealkylation sites (tertiary alicyclic amines) is 1. The van der Waals surface area contributed by atoms with Gasteiger partial charge in [-0.15, -0.1) is 0 Å². The second kappa shape index (κ2) is 8.36. The average molecular weight is 467 g/mol. The van der Waals surface area contributed by atoms with Crippen LogP contribution in [0, 0.1) is 11.8 Å². The third-order valence-electron chi connectivity index (χ3n) is 7.64. The molecule has 2 aromatic carbocycles. The fourth-order valence-electron chi connectivity index (χ4n) is 6.28. The molecule has 2 aromatic rings. The Bertz CT molecular complexity index is 1150. The van der Waals surface area contributed by atoms with E-state index in [1.807, 2.05) is 49.4 Å². The van der Waals surface area contributed by atoms with Crippen molar-refractivity contribution in [1.82, 2.24) is 4.90 Å². The molecule has 5 atom stereocenters. The number of nitrogens with one attached hydrogen (secondary N) is 1. The number of anilines is 1. The third kappa shape index (κ3) is 3.31. The van der Waals surface area contributed by atoms with Gasteiger partial charge in [-0.05, 0) is 56.0 Å². The largest absolute Gasteiger partial charge is 0.466 e. The van der Waals surface area contributed by atoms with Crippen molar-refractivity contribution < 1.29 is 29.0 Å². The van der Waals surface area contributed by atoms with E-state index in [1.165, 1.54) is 4.90 Å². The molecule has 3 aliphatic heterocycles. The van der Waals surface area contributed by atoms with Crippen LogP contribution < -0.4 is 5.32 Å². The summed E-state index contributed by atoms with van der Waals surface area (Å²) in [5, 5.41) is 14.4. The molecule has 3 aliphatic rings. The van der Waals surface area contributed by atoms with E-state index < -0.39 is 35.0 Å². The minimum atomic E-state index is -1.10. The molecule has 3 fully saturated rings. The summed E-state index contributed by atoms with van der Waals surface area (Å²) >= 11 is 0. The van der Waals surface area contributed by atoms with Gasteiger partial charge in [-0.2, -0.15) is 0 Å². The number of amides is 2. The number of ether oxygens (including phenoxy) is 2. The van der Waals surface area contributed by atoms with Crippen LogP contribution in [0.2, 0.25) is 0 Å². The van der Waals surface area contributed by atoms with Crippen LogP contribution in [0.5, 0.6) is 0 Å². The first-order chi connectivity index (χ1) is 16.3. The normalized spacial score (nSPS) is 31.7. The van der Waals surface area contributed by atoms with E-state index in [0.29, 0.717) is 24.9 Å². The lowest BCUT2D eigenvalue weighted by atomic mass is 9.66. The van der Waals surface area contributed by atoms with Gasteiger partial charge >= 0.3 is 5.97 Å². The quantitative estimate of drug-likeness (QED) is 0.608. The lowest BCUT2D eigenvalue weighted by molar-refractivity contribution is -0.159. The number of hydrogen-bond donors (Lipinski definition) is 2. The highest BCUT2D eigenvalue weighted by Crippen LogP contribution is 2.63. The van der Waals surface area contributed by atoms with Crippen molar-refractivity contribution in [2.24, 2.45) is 11.8 Å². The van der Waals surface area contributed by atoms with Gasteiger partial charge in [0.15, 0.2) is 0 Å². The molecule has 0 aliphatic carbocycles. The maximum atomic E-state index is 13.7. The van der Waals surface area contributed by atoms with Gasteiger partial charge in [0.05, 0.1) is 18.1 Å². The first-order valence-corrected chi connectivity index (χ1v) is 11.9. The summed E-state index contributed by atoms with van der Waals surface area (Å²) in [7, 11) is 0. The van der Waals surface area contributed by atoms with E-state index >= 15 is 0 Å². The van der Waals surface area contributed by atoms with E-state index in [2.05, 4.69) is 5.32 Å². The zero-order chi connectivity index (χ0) is 24.1. The molecule has 0 saturated carbocycles. The minimum absolute atomic E-state index is 0.111. The Morgan fingerprint density at radius 3 is 2.71 bits per heavy atom. The highest BCUT2D eigenvalue weighted by molar-refractivity contribution is 6.04. The van der Waals surface area contributed by atoms with Gasteiger partial charge in [0.25, 0.3) is 0 Å². The number of hydrogen-bond acceptors (Lipinski definition) is 6. The van der Waals surface area contributed by atoms with E-state index in [9.17, 15) is 19.5 Å². The molecule has 2 unspecified atom stereocenters. The topological polar surface area (TPSA) is 105 Å². The highest BCUT2D eigenvalue weighted by atomic mass is 16.6. The van der Waals surface area contributed by atoms with Crippen LogP contribution in [0.15, 0.2) is 42.5 Å². The number of rotatable bonds is 7. The maximum Gasteiger partial charge on any atom is 0.312 e. The predicted octanol–water partition coefficient (Wildman–Crippen LogP) is 2.49. The number of esters is 1. The fourth-order valence-corrected chi connectivity index (χ4v) is 6.28. The molecule has 34 heavy (non-hydrogen) atoms. The summed E-state index contributed by atoms with van der Waals surface area (Å²) in [4.78, 5) is 41.8. The Hall–Kier alpha value is -2.97. The smallest absolute Gasteiger partial charge is 0.312 e. The summed E-state index contributed by atoms with van der Waals surface area (Å²) in [5.41, 5.74) is -1.32. The van der Waals surface area contributed by atoms with Crippen molar-refractivity contribution in [3.8, 4) is 0 Å². The number of carbonyl (C=O) groups excluding carboxylic acids is 3. The fraction of sp³-hybridized carbons (Fsp3) is 0.500. The molecule has 2 amide bonds. The van der Waals surface area contributed by atoms with Gasteiger partial charge in [-0.3, -0.25) is 14.4 Å². The van der Waals surface area contributed by atoms with Crippen molar-refractivity contribution in [2.75, 3.05) is 25.1 Å². The standard InChI is InChI=1S/C26H30N2O6/c1-3-33-24(32)20-19-23(31)28(13-6-14-29)21(26(19)12-11-25(20,2)34-26)22(30)27-18-10-9-16-7-4-5-8-17(16)15-18/h4-5,7-10,15,19-21,29H,3,6,11-14H2,1-2H3,(H,27,30)/t19-,20+,21?,25-,26?/m0/s1. The van der Waals surface area contributed by atoms with E-state index in [4.69, 9.17) is 9.47 Å². The van der Waals surface area contributed by atoms with Gasteiger partial charge in [-0.25, -0.2) is 0 Å². The second-order valence-electron chi connectivity index (χ2n) is 9.64. The molecule has 1 spiro atoms. The first-order valence-electron chi connectivity index (χ1n) is 11.9. The first kappa shape index (κ1) is 22.8. The number of benzene rings is 2. The number of fused-ring (bicyclic) bond motifs is 2. The summed E-state index contributed by atoms with van der Waals surface area (Å²) in [6.07, 6.45) is 1.39. The third-order valence-corrected chi connectivity index (χ3v) is 7.64. The number of aliphatic hydroxyl groups excluding tert-OH is 1. The zero-order valence-electron chi connectivity index (χ0n) is 19.5. The summed E-state index contributed by atoms with van der Waals surface area (Å²) in [6, 6.07) is 12.6. The van der Waals surface area contributed by atoms with Gasteiger partial charge < -0.3 is 24.8 Å². The van der Waals surface area contributed by atoms with Crippen LogP contribution in [-0.4, -0.2) is 64.8 Å². The molecule has 8 heteroatoms. The van der Waals surface area contributed by atoms with E-state index in [0.717, 1.165) is 10.8 Å². The monoisotopic (exact) mass is 466 g/mol. The SMILES string of the molecule is CCOC(=O)[C@H]1[C@H]2C(=O)N(CCCO)C(C(=O)Nc3ccc4ccccc4c3)C23CC[C@]1(C)O3. The molecule has 3 heterocycles. The Balaban J connectivity index is 1.50. The molecule has 2 bridgehead atoms. The summed E-state index contributed by atoms with van der Waals surface area (Å²) < 4.78 is 11.8. The summed E-state index contributed by atoms with van der Waals surface area (Å²) in [5.74, 6) is -2.63. The predicted molar refractivity (Wildman–Crippen MR) is 125 cm³/mol. The van der Waals surface area contributed by atoms with Crippen molar-refractivity contribution in [2.45, 2.75) is 50.4 Å². The maximum absolute atomic E-state index is 13.7. The van der Waals surface area contributed by atoms with Crippen molar-refractivity contribution in [3.63, 3.8) is 0 Å². The molecular weight excluding hydrogens is 436 g/mol. The molecule has 0 aromatic heterocycles. The van der Waals surface area contributed by atoms with Crippen LogP contribution in [0.25, 0.3) is 10.8 Å². The van der Waals surface area contributed by atoms with Gasteiger partial charge in [0, 0.05) is 18.8 Å². The van der Waals surface area contributed by atoms with Gasteiger partial charge in [0.1, 0.15) is 17.6 Å². The van der Waals surface area contributed by atoms with Crippen LogP contribution in [0.4, 0.5) is 5.69 Å². The molecule has 3 saturated heterocycles. The number of nitrogens with zero attached hydrogens (tertiary/aromatic N) is 1. The second-order valence-corrected chi connectivity index (χ2v) is 9.64. The molecule has 2 N–H and O–H groups in total. The Morgan fingerprint density at radius 2 is 1.97 bits per heavy atom. The number of aliphatic hydroxyl groups is 1. The van der Waals surface area contributed by atoms with Gasteiger partial charge in [-0.1, -0.05) is 30.3 Å². The Morgan fingerprint density at radius 1 is 1.21 bits per heavy atom. The highest BCUT2D eigenvalue weighted by Gasteiger charge is 2.78. The van der Waals surface area contributed by atoms with E-state index in [1.54, 1.807) is 6.92 Å². The van der Waals surface area contributed by atoms with Crippen molar-refractivity contribution in [1.29, 1.82) is 0 Å². The average Bonchev–Trinajstić information content (AvgIpc) is 3.38. The Labute approximate surface area is 198 Å².